The molecule has 0 bridgehead atoms. The van der Waals surface area contributed by atoms with Gasteiger partial charge in [-0.1, -0.05) is 12.1 Å². The van der Waals surface area contributed by atoms with Gasteiger partial charge in [-0.15, -0.1) is 0 Å². The fourth-order valence-corrected chi connectivity index (χ4v) is 3.65. The third-order valence-corrected chi connectivity index (χ3v) is 5.13. The maximum Gasteiger partial charge on any atom is 0.182 e. The number of anilines is 2. The highest BCUT2D eigenvalue weighted by molar-refractivity contribution is 5.92. The zero-order valence-electron chi connectivity index (χ0n) is 15.4. The number of piperazine rings is 1. The number of aromatic amines is 1. The second-order valence-electron chi connectivity index (χ2n) is 6.92. The Morgan fingerprint density at radius 3 is 2.54 bits per heavy atom. The van der Waals surface area contributed by atoms with Gasteiger partial charge in [0.2, 0.25) is 0 Å². The summed E-state index contributed by atoms with van der Waals surface area (Å²) in [7, 11) is 0. The van der Waals surface area contributed by atoms with Crippen LogP contribution in [0, 0.1) is 0 Å². The molecule has 7 nitrogen and oxygen atoms in total. The van der Waals surface area contributed by atoms with E-state index >= 15 is 0 Å². The minimum Gasteiger partial charge on any atom is -0.384 e. The largest absolute Gasteiger partial charge is 0.384 e. The Labute approximate surface area is 162 Å². The van der Waals surface area contributed by atoms with E-state index in [0.29, 0.717) is 11.5 Å². The lowest BCUT2D eigenvalue weighted by Crippen LogP contribution is -2.43. The van der Waals surface area contributed by atoms with Crippen LogP contribution in [0.25, 0.3) is 33.5 Å². The van der Waals surface area contributed by atoms with E-state index in [4.69, 9.17) is 5.73 Å². The minimum atomic E-state index is 0.478. The number of fused-ring (bicyclic) bond motifs is 1. The summed E-state index contributed by atoms with van der Waals surface area (Å²) < 4.78 is 0. The molecular weight excluding hydrogens is 350 g/mol. The Bertz CT molecular complexity index is 1110. The van der Waals surface area contributed by atoms with Crippen molar-refractivity contribution in [1.29, 1.82) is 0 Å². The maximum absolute atomic E-state index is 5.79. The average molecular weight is 371 g/mol. The van der Waals surface area contributed by atoms with E-state index in [9.17, 15) is 0 Å². The number of rotatable bonds is 3. The van der Waals surface area contributed by atoms with Crippen molar-refractivity contribution in [2.75, 3.05) is 36.8 Å². The van der Waals surface area contributed by atoms with Gasteiger partial charge in [-0.05, 0) is 36.4 Å². The number of aromatic nitrogens is 4. The summed E-state index contributed by atoms with van der Waals surface area (Å²) in [4.78, 5) is 11.1. The molecule has 0 aliphatic carbocycles. The molecule has 140 valence electrons. The summed E-state index contributed by atoms with van der Waals surface area (Å²) in [6.07, 6.45) is 1.69. The normalized spacial score (nSPS) is 14.5. The Morgan fingerprint density at radius 2 is 1.75 bits per heavy atom. The van der Waals surface area contributed by atoms with Crippen molar-refractivity contribution < 1.29 is 0 Å². The van der Waals surface area contributed by atoms with Crippen molar-refractivity contribution in [2.24, 2.45) is 0 Å². The number of nitrogen functional groups attached to an aromatic ring is 1. The van der Waals surface area contributed by atoms with Gasteiger partial charge in [0, 0.05) is 54.6 Å². The van der Waals surface area contributed by atoms with Crippen molar-refractivity contribution in [3.63, 3.8) is 0 Å². The van der Waals surface area contributed by atoms with Crippen molar-refractivity contribution in [2.45, 2.75) is 0 Å². The van der Waals surface area contributed by atoms with E-state index in [1.165, 1.54) is 5.69 Å². The van der Waals surface area contributed by atoms with Crippen LogP contribution in [-0.4, -0.2) is 46.3 Å². The van der Waals surface area contributed by atoms with Gasteiger partial charge in [-0.2, -0.15) is 5.10 Å². The van der Waals surface area contributed by atoms with Gasteiger partial charge in [0.15, 0.2) is 5.65 Å². The molecular formula is C21H21N7. The van der Waals surface area contributed by atoms with Crippen LogP contribution >= 0.6 is 0 Å². The summed E-state index contributed by atoms with van der Waals surface area (Å²) in [5.41, 5.74) is 11.6. The highest BCUT2D eigenvalue weighted by Gasteiger charge is 2.13. The second kappa shape index (κ2) is 6.94. The van der Waals surface area contributed by atoms with Crippen molar-refractivity contribution in [3.8, 4) is 22.5 Å². The Hall–Kier alpha value is -3.45. The third kappa shape index (κ3) is 3.05. The SMILES string of the molecule is Nc1cc(-c2ccc3c(-c4ccc(N5CCNCC5)cc4)[nH]nc3n2)ccn1. The van der Waals surface area contributed by atoms with Crippen molar-refractivity contribution in [3.05, 3.63) is 54.7 Å². The third-order valence-electron chi connectivity index (χ3n) is 5.13. The van der Waals surface area contributed by atoms with Crippen molar-refractivity contribution >= 4 is 22.5 Å². The molecule has 1 fully saturated rings. The van der Waals surface area contributed by atoms with Crippen LogP contribution in [0.2, 0.25) is 0 Å². The van der Waals surface area contributed by atoms with E-state index in [2.05, 4.69) is 60.7 Å². The fraction of sp³-hybridized carbons (Fsp3) is 0.190. The van der Waals surface area contributed by atoms with E-state index < -0.39 is 0 Å². The molecule has 0 unspecified atom stereocenters. The monoisotopic (exact) mass is 371 g/mol. The average Bonchev–Trinajstić information content (AvgIpc) is 3.18. The van der Waals surface area contributed by atoms with Crippen LogP contribution in [0.1, 0.15) is 0 Å². The lowest BCUT2D eigenvalue weighted by atomic mass is 10.1. The summed E-state index contributed by atoms with van der Waals surface area (Å²) in [6, 6.07) is 16.4. The molecule has 3 aromatic heterocycles. The number of pyridine rings is 2. The molecule has 4 aromatic rings. The van der Waals surface area contributed by atoms with Gasteiger partial charge in [-0.25, -0.2) is 9.97 Å². The van der Waals surface area contributed by atoms with Gasteiger partial charge >= 0.3 is 0 Å². The zero-order valence-corrected chi connectivity index (χ0v) is 15.4. The van der Waals surface area contributed by atoms with Gasteiger partial charge in [-0.3, -0.25) is 5.10 Å². The minimum absolute atomic E-state index is 0.478. The molecule has 4 N–H and O–H groups in total. The standard InChI is InChI=1S/C21H21N7/c22-19-13-15(7-8-24-19)18-6-5-17-20(26-27-21(17)25-18)14-1-3-16(4-2-14)28-11-9-23-10-12-28/h1-8,13,23H,9-12H2,(H2,22,24)(H,25,26,27). The van der Waals surface area contributed by atoms with Crippen LogP contribution in [0.3, 0.4) is 0 Å². The first-order valence-corrected chi connectivity index (χ1v) is 9.41. The molecule has 0 amide bonds. The van der Waals surface area contributed by atoms with Crippen LogP contribution in [0.15, 0.2) is 54.7 Å². The van der Waals surface area contributed by atoms with E-state index in [1.807, 2.05) is 18.2 Å². The molecule has 0 radical (unpaired) electrons. The van der Waals surface area contributed by atoms with E-state index in [1.54, 1.807) is 6.20 Å². The summed E-state index contributed by atoms with van der Waals surface area (Å²) in [5, 5.41) is 11.9. The first-order valence-electron chi connectivity index (χ1n) is 9.41. The topological polar surface area (TPSA) is 95.8 Å². The predicted octanol–water partition coefficient (Wildman–Crippen LogP) is 2.68. The Morgan fingerprint density at radius 1 is 0.929 bits per heavy atom. The molecule has 1 aromatic carbocycles. The highest BCUT2D eigenvalue weighted by atomic mass is 15.2. The van der Waals surface area contributed by atoms with E-state index in [0.717, 1.165) is 54.1 Å². The Balaban J connectivity index is 1.46. The Kier molecular flexibility index (Phi) is 4.14. The van der Waals surface area contributed by atoms with Crippen LogP contribution in [0.4, 0.5) is 11.5 Å². The zero-order chi connectivity index (χ0) is 18.9. The highest BCUT2D eigenvalue weighted by Crippen LogP contribution is 2.29. The molecule has 1 aliphatic heterocycles. The maximum atomic E-state index is 5.79. The van der Waals surface area contributed by atoms with Gasteiger partial charge in [0.05, 0.1) is 11.4 Å². The number of nitrogens with two attached hydrogens (primary N) is 1. The number of benzene rings is 1. The summed E-state index contributed by atoms with van der Waals surface area (Å²) in [6.45, 7) is 4.14. The smallest absolute Gasteiger partial charge is 0.182 e. The predicted molar refractivity (Wildman–Crippen MR) is 112 cm³/mol. The number of nitrogens with zero attached hydrogens (tertiary/aromatic N) is 4. The lowest BCUT2D eigenvalue weighted by Gasteiger charge is -2.29. The lowest BCUT2D eigenvalue weighted by molar-refractivity contribution is 0.589. The first kappa shape index (κ1) is 16.7. The first-order chi connectivity index (χ1) is 13.8. The molecule has 7 heteroatoms. The number of hydrogen-bond acceptors (Lipinski definition) is 6. The number of nitrogens with one attached hydrogen (secondary N) is 2. The summed E-state index contributed by atoms with van der Waals surface area (Å²) >= 11 is 0. The molecule has 1 aliphatic rings. The second-order valence-corrected chi connectivity index (χ2v) is 6.92. The fourth-order valence-electron chi connectivity index (χ4n) is 3.65. The van der Waals surface area contributed by atoms with E-state index in [-0.39, 0.29) is 0 Å². The quantitative estimate of drug-likeness (QED) is 0.512. The molecule has 4 heterocycles. The molecule has 0 atom stereocenters. The van der Waals surface area contributed by atoms with Gasteiger partial charge < -0.3 is 16.0 Å². The number of H-pyrrole nitrogens is 1. The van der Waals surface area contributed by atoms with Crippen LogP contribution in [-0.2, 0) is 0 Å². The molecule has 0 saturated carbocycles. The molecule has 28 heavy (non-hydrogen) atoms. The van der Waals surface area contributed by atoms with Gasteiger partial charge in [0.25, 0.3) is 0 Å². The molecule has 0 spiro atoms. The van der Waals surface area contributed by atoms with Crippen molar-refractivity contribution in [1.82, 2.24) is 25.5 Å². The molecule has 1 saturated heterocycles. The van der Waals surface area contributed by atoms with Crippen LogP contribution < -0.4 is 16.0 Å². The summed E-state index contributed by atoms with van der Waals surface area (Å²) in [5.74, 6) is 0.478. The van der Waals surface area contributed by atoms with Crippen LogP contribution in [0.5, 0.6) is 0 Å². The molecule has 5 rings (SSSR count). The van der Waals surface area contributed by atoms with Gasteiger partial charge in [0.1, 0.15) is 5.82 Å². The number of hydrogen-bond donors (Lipinski definition) is 3.